The van der Waals surface area contributed by atoms with Gasteiger partial charge in [0.1, 0.15) is 24.4 Å². The van der Waals surface area contributed by atoms with Crippen LogP contribution in [0.2, 0.25) is 0 Å². The fraction of sp³-hybridized carbons (Fsp3) is 1.00. The number of hydrogen-bond acceptors (Lipinski definition) is 9. The lowest BCUT2D eigenvalue weighted by molar-refractivity contribution is -0.287. The monoisotopic (exact) mass is 434 g/mol. The Morgan fingerprint density at radius 3 is 1.76 bits per heavy atom. The highest BCUT2D eigenvalue weighted by atomic mass is 31.2. The van der Waals surface area contributed by atoms with Crippen LogP contribution < -0.4 is 0 Å². The van der Waals surface area contributed by atoms with Gasteiger partial charge in [-0.25, -0.2) is 13.7 Å². The first-order valence-corrected chi connectivity index (χ1v) is 10.8. The van der Waals surface area contributed by atoms with E-state index < -0.39 is 60.8 Å². The summed E-state index contributed by atoms with van der Waals surface area (Å²) in [5, 5.41) is 10.1. The van der Waals surface area contributed by atoms with E-state index in [1.165, 1.54) is 0 Å². The summed E-state index contributed by atoms with van der Waals surface area (Å²) >= 11 is 0. The van der Waals surface area contributed by atoms with Gasteiger partial charge in [-0.15, -0.1) is 0 Å². The summed E-state index contributed by atoms with van der Waals surface area (Å²) in [5.41, 5.74) is 0. The van der Waals surface area contributed by atoms with E-state index in [0.717, 1.165) is 7.11 Å². The predicted octanol–water partition coefficient (Wildman–Crippen LogP) is -2.22. The molecule has 0 aliphatic carbocycles. The molecule has 0 saturated carbocycles. The smallest absolute Gasteiger partial charge is 0.387 e. The summed E-state index contributed by atoms with van der Waals surface area (Å²) in [6, 6.07) is 0. The molecule has 0 amide bonds. The van der Waals surface area contributed by atoms with Gasteiger partial charge in [0.15, 0.2) is 6.29 Å². The number of aliphatic hydroxyl groups excluding tert-OH is 1. The summed E-state index contributed by atoms with van der Waals surface area (Å²) in [4.78, 5) is 52.9. The predicted molar refractivity (Wildman–Crippen MR) is 73.5 cm³/mol. The van der Waals surface area contributed by atoms with Gasteiger partial charge >= 0.3 is 23.5 Å². The summed E-state index contributed by atoms with van der Waals surface area (Å²) < 4.78 is 55.2. The molecule has 15 nitrogen and oxygen atoms in total. The average Bonchev–Trinajstić information content (AvgIpc) is 2.38. The molecule has 1 heterocycles. The summed E-state index contributed by atoms with van der Waals surface area (Å²) in [5.74, 6) is 0. The third-order valence-electron chi connectivity index (χ3n) is 2.78. The molecule has 0 spiro atoms. The fourth-order valence-corrected chi connectivity index (χ4v) is 3.38. The van der Waals surface area contributed by atoms with Crippen LogP contribution in [0.15, 0.2) is 0 Å². The maximum absolute atomic E-state index is 11.0. The highest BCUT2D eigenvalue weighted by Gasteiger charge is 2.52. The molecular weight excluding hydrogens is 417 g/mol. The lowest BCUT2D eigenvalue weighted by Crippen LogP contribution is -2.60. The van der Waals surface area contributed by atoms with E-state index in [9.17, 15) is 18.8 Å². The Hall–Kier alpha value is 0.210. The van der Waals surface area contributed by atoms with E-state index in [-0.39, 0.29) is 0 Å². The van der Waals surface area contributed by atoms with Crippen molar-refractivity contribution in [1.29, 1.82) is 0 Å². The van der Waals surface area contributed by atoms with Crippen molar-refractivity contribution in [2.24, 2.45) is 0 Å². The Morgan fingerprint density at radius 2 is 1.36 bits per heavy atom. The third-order valence-corrected chi connectivity index (χ3v) is 4.30. The van der Waals surface area contributed by atoms with Gasteiger partial charge in [0.25, 0.3) is 0 Å². The molecule has 1 saturated heterocycles. The normalized spacial score (nSPS) is 31.9. The molecule has 0 aromatic carbocycles. The van der Waals surface area contributed by atoms with Crippen molar-refractivity contribution < 1.29 is 71.2 Å². The summed E-state index contributed by atoms with van der Waals surface area (Å²) in [6.07, 6.45) is -9.55. The van der Waals surface area contributed by atoms with Crippen LogP contribution in [0.4, 0.5) is 0 Å². The first-order valence-electron chi connectivity index (χ1n) is 6.17. The van der Waals surface area contributed by atoms with E-state index in [1.54, 1.807) is 0 Å². The van der Waals surface area contributed by atoms with Gasteiger partial charge in [0, 0.05) is 7.11 Å². The minimum Gasteiger partial charge on any atom is -0.387 e. The zero-order chi connectivity index (χ0) is 19.6. The summed E-state index contributed by atoms with van der Waals surface area (Å²) in [6.45, 7) is -0.963. The van der Waals surface area contributed by atoms with Crippen LogP contribution in [0.3, 0.4) is 0 Å². The van der Waals surface area contributed by atoms with Gasteiger partial charge in [0.2, 0.25) is 0 Å². The van der Waals surface area contributed by atoms with E-state index in [2.05, 4.69) is 13.6 Å². The van der Waals surface area contributed by atoms with Crippen molar-refractivity contribution >= 4 is 23.5 Å². The van der Waals surface area contributed by atoms with Crippen LogP contribution in [0.5, 0.6) is 0 Å². The highest BCUT2D eigenvalue weighted by Crippen LogP contribution is 2.47. The Bertz CT molecular complexity index is 576. The van der Waals surface area contributed by atoms with Crippen molar-refractivity contribution in [2.45, 2.75) is 30.7 Å². The molecule has 1 rings (SSSR count). The van der Waals surface area contributed by atoms with Crippen LogP contribution >= 0.6 is 23.5 Å². The molecule has 1 fully saturated rings. The molecule has 1 aliphatic rings. The molecule has 0 bridgehead atoms. The second-order valence-electron chi connectivity index (χ2n) is 4.68. The van der Waals surface area contributed by atoms with Crippen molar-refractivity contribution in [3.8, 4) is 0 Å². The van der Waals surface area contributed by atoms with Crippen LogP contribution in [0, 0.1) is 0 Å². The second-order valence-corrected chi connectivity index (χ2v) is 8.30. The first kappa shape index (κ1) is 23.2. The first-order chi connectivity index (χ1) is 11.1. The summed E-state index contributed by atoms with van der Waals surface area (Å²) in [7, 11) is -14.5. The number of hydrogen-bond donors (Lipinski definition) is 7. The molecule has 0 aromatic heterocycles. The molecule has 1 aliphatic heterocycles. The number of phosphoric ester groups is 3. The van der Waals surface area contributed by atoms with E-state index >= 15 is 0 Å². The lowest BCUT2D eigenvalue weighted by Gasteiger charge is -2.43. The fourth-order valence-electron chi connectivity index (χ4n) is 1.94. The number of rotatable bonds is 8. The molecule has 150 valence electrons. The highest BCUT2D eigenvalue weighted by molar-refractivity contribution is 7.46. The molecule has 7 N–H and O–H groups in total. The van der Waals surface area contributed by atoms with Gasteiger partial charge in [0.05, 0.1) is 6.61 Å². The van der Waals surface area contributed by atoms with Gasteiger partial charge in [-0.1, -0.05) is 0 Å². The zero-order valence-electron chi connectivity index (χ0n) is 12.3. The van der Waals surface area contributed by atoms with Crippen LogP contribution in [0.25, 0.3) is 0 Å². The van der Waals surface area contributed by atoms with Gasteiger partial charge in [-0.2, -0.15) is 0 Å². The largest absolute Gasteiger partial charge is 0.470 e. The third kappa shape index (κ3) is 8.18. The molecule has 25 heavy (non-hydrogen) atoms. The number of phosphoric acid groups is 3. The van der Waals surface area contributed by atoms with Crippen LogP contribution in [-0.4, -0.2) is 78.9 Å². The maximum Gasteiger partial charge on any atom is 0.470 e. The molecule has 5 atom stereocenters. The zero-order valence-corrected chi connectivity index (χ0v) is 15.0. The Kier molecular flexibility index (Phi) is 7.89. The Morgan fingerprint density at radius 1 is 0.880 bits per heavy atom. The average molecular weight is 434 g/mol. The number of aliphatic hydroxyl groups is 1. The standard InChI is InChI=1S/C7H17O15P3/c1-18-7-6(22-25(15,16)17)5(21-24(12,13)14)4(8)3(20-7)2-19-23(9,10)11/h3-8H,2H2,1H3,(H2,9,10,11)(H2,12,13,14)(H2,15,16,17)/t3-,4-,5+,6-,7+/m0/s1. The molecular formula is C7H17O15P3. The topological polar surface area (TPSA) is 239 Å². The van der Waals surface area contributed by atoms with Gasteiger partial charge in [-0.05, 0) is 0 Å². The quantitative estimate of drug-likeness (QED) is 0.200. The van der Waals surface area contributed by atoms with Crippen molar-refractivity contribution in [2.75, 3.05) is 13.7 Å². The Labute approximate surface area is 140 Å². The lowest BCUT2D eigenvalue weighted by atomic mass is 9.99. The minimum absolute atomic E-state index is 0.963. The van der Waals surface area contributed by atoms with Crippen molar-refractivity contribution in [1.82, 2.24) is 0 Å². The van der Waals surface area contributed by atoms with Crippen molar-refractivity contribution in [3.63, 3.8) is 0 Å². The van der Waals surface area contributed by atoms with Gasteiger partial charge in [-0.3, -0.25) is 13.6 Å². The molecule has 0 aromatic rings. The van der Waals surface area contributed by atoms with E-state index in [1.807, 2.05) is 0 Å². The van der Waals surface area contributed by atoms with E-state index in [4.69, 9.17) is 38.8 Å². The minimum atomic E-state index is -5.29. The van der Waals surface area contributed by atoms with Crippen LogP contribution in [-0.2, 0) is 36.7 Å². The molecule has 0 radical (unpaired) electrons. The Balaban J connectivity index is 3.10. The number of ether oxygens (including phenoxy) is 2. The maximum atomic E-state index is 11.0. The number of methoxy groups -OCH3 is 1. The molecule has 0 unspecified atom stereocenters. The molecule has 18 heteroatoms. The SMILES string of the molecule is CO[C@@H]1O[C@@H](COP(=O)(O)O)[C@H](O)[C@@H](OP(=O)(O)O)[C@@H]1OP(=O)(O)O. The van der Waals surface area contributed by atoms with Gasteiger partial charge < -0.3 is 43.9 Å². The van der Waals surface area contributed by atoms with Crippen LogP contribution in [0.1, 0.15) is 0 Å². The van der Waals surface area contributed by atoms with Crippen molar-refractivity contribution in [3.05, 3.63) is 0 Å². The van der Waals surface area contributed by atoms with E-state index in [0.29, 0.717) is 0 Å². The second kappa shape index (κ2) is 8.48.